The number of pyridine rings is 1. The predicted molar refractivity (Wildman–Crippen MR) is 144 cm³/mol. The van der Waals surface area contributed by atoms with Gasteiger partial charge in [0.25, 0.3) is 0 Å². The molecule has 1 fully saturated rings. The molecule has 0 atom stereocenters. The molecule has 2 N–H and O–H groups in total. The number of fused-ring (bicyclic) bond motifs is 2. The van der Waals surface area contributed by atoms with Gasteiger partial charge in [-0.05, 0) is 69.5 Å². The number of rotatable bonds is 10. The molecule has 1 aliphatic rings. The molecule has 4 aromatic heterocycles. The topological polar surface area (TPSA) is 80.1 Å². The summed E-state index contributed by atoms with van der Waals surface area (Å²) in [6.07, 6.45) is 10.8. The monoisotopic (exact) mass is 494 g/mol. The highest BCUT2D eigenvalue weighted by molar-refractivity contribution is 7.18. The lowest BCUT2D eigenvalue weighted by Crippen LogP contribution is -2.33. The number of nitrogens with one attached hydrogen (secondary N) is 2. The van der Waals surface area contributed by atoms with Crippen molar-refractivity contribution >= 4 is 27.3 Å². The van der Waals surface area contributed by atoms with Crippen LogP contribution in [0.5, 0.6) is 0 Å². The highest BCUT2D eigenvalue weighted by Gasteiger charge is 2.27. The maximum atomic E-state index is 5.60. The molecule has 0 bridgehead atoms. The van der Waals surface area contributed by atoms with Crippen molar-refractivity contribution in [3.8, 4) is 11.3 Å². The minimum absolute atomic E-state index is 0.377. The second kappa shape index (κ2) is 10.8. The second-order valence-corrected chi connectivity index (χ2v) is 11.2. The average Bonchev–Trinajstić information content (AvgIpc) is 3.56. The van der Waals surface area contributed by atoms with E-state index in [9.17, 15) is 0 Å². The van der Waals surface area contributed by atoms with Gasteiger partial charge in [-0.25, -0.2) is 14.5 Å². The van der Waals surface area contributed by atoms with E-state index in [1.807, 2.05) is 15.9 Å². The SMILES string of the molecule is CCCOCCCNC1CCC(c2nc3c(C(C)C)c(-c4cc(C)c5ncnn5c4)[nH]c3s2)CC1. The van der Waals surface area contributed by atoms with Crippen LogP contribution in [0.1, 0.15) is 87.3 Å². The van der Waals surface area contributed by atoms with E-state index in [0.717, 1.165) is 60.6 Å². The first kappa shape index (κ1) is 24.4. The Morgan fingerprint density at radius 3 is 2.83 bits per heavy atom. The third-order valence-electron chi connectivity index (χ3n) is 7.16. The zero-order chi connectivity index (χ0) is 24.4. The smallest absolute Gasteiger partial charge is 0.158 e. The van der Waals surface area contributed by atoms with Crippen LogP contribution in [0.15, 0.2) is 18.6 Å². The Hall–Kier alpha value is -2.29. The maximum Gasteiger partial charge on any atom is 0.158 e. The fourth-order valence-corrected chi connectivity index (χ4v) is 6.52. The maximum absolute atomic E-state index is 5.60. The van der Waals surface area contributed by atoms with Crippen LogP contribution in [0.25, 0.3) is 27.3 Å². The van der Waals surface area contributed by atoms with Crippen molar-refractivity contribution < 1.29 is 4.74 Å². The first-order valence-electron chi connectivity index (χ1n) is 13.2. The largest absolute Gasteiger partial charge is 0.381 e. The van der Waals surface area contributed by atoms with Gasteiger partial charge in [0, 0.05) is 42.5 Å². The number of nitrogens with zero attached hydrogens (tertiary/aromatic N) is 4. The first-order chi connectivity index (χ1) is 17.0. The van der Waals surface area contributed by atoms with E-state index in [0.29, 0.717) is 17.9 Å². The summed E-state index contributed by atoms with van der Waals surface area (Å²) >= 11 is 1.85. The third-order valence-corrected chi connectivity index (χ3v) is 8.29. The Bertz CT molecular complexity index is 1260. The quantitative estimate of drug-likeness (QED) is 0.257. The first-order valence-corrected chi connectivity index (χ1v) is 14.0. The molecule has 0 amide bonds. The van der Waals surface area contributed by atoms with Gasteiger partial charge in [0.15, 0.2) is 5.65 Å². The molecule has 0 unspecified atom stereocenters. The van der Waals surface area contributed by atoms with Gasteiger partial charge < -0.3 is 15.0 Å². The van der Waals surface area contributed by atoms with Crippen LogP contribution in [0.3, 0.4) is 0 Å². The highest BCUT2D eigenvalue weighted by Crippen LogP contribution is 2.42. The zero-order valence-electron chi connectivity index (χ0n) is 21.4. The number of aromatic amines is 1. The van der Waals surface area contributed by atoms with Crippen molar-refractivity contribution in [2.24, 2.45) is 0 Å². The molecular formula is C27H38N6OS. The fourth-order valence-electron chi connectivity index (χ4n) is 5.37. The van der Waals surface area contributed by atoms with Crippen molar-refractivity contribution in [2.45, 2.75) is 84.1 Å². The van der Waals surface area contributed by atoms with Gasteiger partial charge in [0.1, 0.15) is 16.7 Å². The van der Waals surface area contributed by atoms with Crippen molar-refractivity contribution in [1.29, 1.82) is 0 Å². The van der Waals surface area contributed by atoms with Crippen LogP contribution in [0.2, 0.25) is 0 Å². The van der Waals surface area contributed by atoms with Crippen LogP contribution in [-0.2, 0) is 4.74 Å². The third kappa shape index (κ3) is 5.15. The van der Waals surface area contributed by atoms with Gasteiger partial charge in [0.2, 0.25) is 0 Å². The molecule has 8 heteroatoms. The van der Waals surface area contributed by atoms with Crippen molar-refractivity contribution in [1.82, 2.24) is 29.9 Å². The van der Waals surface area contributed by atoms with E-state index < -0.39 is 0 Å². The summed E-state index contributed by atoms with van der Waals surface area (Å²) in [5, 5.41) is 9.41. The number of ether oxygens (including phenoxy) is 1. The Morgan fingerprint density at radius 1 is 1.23 bits per heavy atom. The van der Waals surface area contributed by atoms with Crippen LogP contribution in [-0.4, -0.2) is 50.4 Å². The molecule has 188 valence electrons. The molecule has 5 rings (SSSR count). The molecule has 7 nitrogen and oxygen atoms in total. The van der Waals surface area contributed by atoms with E-state index in [1.54, 1.807) is 6.33 Å². The fraction of sp³-hybridized carbons (Fsp3) is 0.593. The standard InChI is InChI=1S/C27H38N6OS/c1-5-12-34-13-6-11-28-21-9-7-19(8-10-21)26-32-24-22(17(2)3)23(31-27(24)35-26)20-14-18(4)25-29-16-30-33(25)15-20/h14-17,19,21,28,31H,5-13H2,1-4H3. The lowest BCUT2D eigenvalue weighted by molar-refractivity contribution is 0.131. The number of hydrogen-bond donors (Lipinski definition) is 2. The van der Waals surface area contributed by atoms with Crippen LogP contribution in [0.4, 0.5) is 0 Å². The molecule has 0 radical (unpaired) electrons. The Morgan fingerprint density at radius 2 is 2.06 bits per heavy atom. The van der Waals surface area contributed by atoms with Gasteiger partial charge in [0.05, 0.1) is 10.7 Å². The average molecular weight is 495 g/mol. The summed E-state index contributed by atoms with van der Waals surface area (Å²) in [5.74, 6) is 0.950. The number of aryl methyl sites for hydroxylation is 1. The van der Waals surface area contributed by atoms with Gasteiger partial charge in [-0.2, -0.15) is 5.10 Å². The molecule has 4 heterocycles. The molecule has 0 spiro atoms. The van der Waals surface area contributed by atoms with Gasteiger partial charge >= 0.3 is 0 Å². The summed E-state index contributed by atoms with van der Waals surface area (Å²) in [4.78, 5) is 14.5. The summed E-state index contributed by atoms with van der Waals surface area (Å²) in [6.45, 7) is 11.6. The number of H-pyrrole nitrogens is 1. The molecule has 1 saturated carbocycles. The molecule has 0 saturated heterocycles. The Kier molecular flexibility index (Phi) is 7.51. The highest BCUT2D eigenvalue weighted by atomic mass is 32.1. The van der Waals surface area contributed by atoms with Crippen molar-refractivity contribution in [2.75, 3.05) is 19.8 Å². The normalized spacial score (nSPS) is 18.9. The number of aromatic nitrogens is 5. The second-order valence-electron chi connectivity index (χ2n) is 10.2. The molecular weight excluding hydrogens is 456 g/mol. The van der Waals surface area contributed by atoms with Gasteiger partial charge in [-0.1, -0.05) is 20.8 Å². The predicted octanol–water partition coefficient (Wildman–Crippen LogP) is 6.20. The minimum atomic E-state index is 0.377. The summed E-state index contributed by atoms with van der Waals surface area (Å²) < 4.78 is 7.46. The lowest BCUT2D eigenvalue weighted by atomic mass is 9.86. The van der Waals surface area contributed by atoms with Crippen LogP contribution < -0.4 is 5.32 Å². The zero-order valence-corrected chi connectivity index (χ0v) is 22.2. The van der Waals surface area contributed by atoms with Crippen molar-refractivity contribution in [3.63, 3.8) is 0 Å². The molecule has 0 aliphatic heterocycles. The Balaban J connectivity index is 1.28. The number of hydrogen-bond acceptors (Lipinski definition) is 6. The summed E-state index contributed by atoms with van der Waals surface area (Å²) in [6, 6.07) is 2.84. The summed E-state index contributed by atoms with van der Waals surface area (Å²) in [5.41, 5.74) is 6.80. The molecule has 0 aromatic carbocycles. The van der Waals surface area contributed by atoms with Gasteiger partial charge in [-0.3, -0.25) is 0 Å². The molecule has 1 aliphatic carbocycles. The van der Waals surface area contributed by atoms with E-state index in [2.05, 4.69) is 60.3 Å². The van der Waals surface area contributed by atoms with Crippen LogP contribution >= 0.6 is 11.3 Å². The van der Waals surface area contributed by atoms with Crippen LogP contribution in [0, 0.1) is 6.92 Å². The number of thiazole rings is 1. The van der Waals surface area contributed by atoms with Crippen molar-refractivity contribution in [3.05, 3.63) is 34.7 Å². The molecule has 35 heavy (non-hydrogen) atoms. The lowest BCUT2D eigenvalue weighted by Gasteiger charge is -2.28. The van der Waals surface area contributed by atoms with E-state index in [4.69, 9.17) is 9.72 Å². The van der Waals surface area contributed by atoms with E-state index in [1.165, 1.54) is 41.1 Å². The Labute approximate surface area is 211 Å². The molecule has 4 aromatic rings. The van der Waals surface area contributed by atoms with Gasteiger partial charge in [-0.15, -0.1) is 11.3 Å². The van der Waals surface area contributed by atoms with E-state index in [-0.39, 0.29) is 0 Å². The summed E-state index contributed by atoms with van der Waals surface area (Å²) in [7, 11) is 0. The minimum Gasteiger partial charge on any atom is -0.381 e. The van der Waals surface area contributed by atoms with E-state index >= 15 is 0 Å².